The second kappa shape index (κ2) is 6.73. The van der Waals surface area contributed by atoms with Gasteiger partial charge in [0.05, 0.1) is 0 Å². The minimum absolute atomic E-state index is 0.154. The zero-order valence-electron chi connectivity index (χ0n) is 11.4. The van der Waals surface area contributed by atoms with Crippen molar-refractivity contribution in [2.24, 2.45) is 5.73 Å². The molecular weight excluding hydrogens is 252 g/mol. The molecule has 0 fully saturated rings. The number of rotatable bonds is 5. The highest BCUT2D eigenvalue weighted by molar-refractivity contribution is 7.99. The third-order valence-corrected chi connectivity index (χ3v) is 4.60. The average molecular weight is 272 g/mol. The molecule has 100 valence electrons. The SMILES string of the molecule is CCC(N)C(Sc1ccncc1)c1ccc(C)cc1. The molecule has 0 aliphatic heterocycles. The molecule has 1 aromatic heterocycles. The topological polar surface area (TPSA) is 38.9 Å². The van der Waals surface area contributed by atoms with Crippen molar-refractivity contribution in [3.8, 4) is 0 Å². The van der Waals surface area contributed by atoms with Crippen LogP contribution in [0.1, 0.15) is 29.7 Å². The Bertz CT molecular complexity index is 496. The summed E-state index contributed by atoms with van der Waals surface area (Å²) in [7, 11) is 0. The summed E-state index contributed by atoms with van der Waals surface area (Å²) in [5.41, 5.74) is 8.87. The number of thioether (sulfide) groups is 1. The van der Waals surface area contributed by atoms with Crippen LogP contribution in [-0.2, 0) is 0 Å². The van der Waals surface area contributed by atoms with E-state index in [1.54, 1.807) is 0 Å². The fourth-order valence-electron chi connectivity index (χ4n) is 1.94. The molecule has 0 saturated carbocycles. The lowest BCUT2D eigenvalue weighted by atomic mass is 10.0. The fraction of sp³-hybridized carbons (Fsp3) is 0.312. The maximum atomic E-state index is 6.30. The van der Waals surface area contributed by atoms with E-state index in [9.17, 15) is 0 Å². The Morgan fingerprint density at radius 3 is 2.32 bits per heavy atom. The van der Waals surface area contributed by atoms with Crippen molar-refractivity contribution in [2.75, 3.05) is 0 Å². The average Bonchev–Trinajstić information content (AvgIpc) is 2.46. The molecule has 2 aromatic rings. The number of hydrogen-bond acceptors (Lipinski definition) is 3. The third-order valence-electron chi connectivity index (χ3n) is 3.18. The van der Waals surface area contributed by atoms with Crippen LogP contribution in [0.4, 0.5) is 0 Å². The maximum absolute atomic E-state index is 6.30. The molecule has 0 aliphatic carbocycles. The molecule has 0 amide bonds. The summed E-state index contributed by atoms with van der Waals surface area (Å²) in [6.07, 6.45) is 4.62. The van der Waals surface area contributed by atoms with Gasteiger partial charge in [-0.3, -0.25) is 4.98 Å². The summed E-state index contributed by atoms with van der Waals surface area (Å²) < 4.78 is 0. The molecule has 0 spiro atoms. The highest BCUT2D eigenvalue weighted by atomic mass is 32.2. The monoisotopic (exact) mass is 272 g/mol. The summed E-state index contributed by atoms with van der Waals surface area (Å²) in [5, 5.41) is 0.285. The van der Waals surface area contributed by atoms with Gasteiger partial charge in [-0.15, -0.1) is 11.8 Å². The van der Waals surface area contributed by atoms with E-state index in [1.807, 2.05) is 36.3 Å². The van der Waals surface area contributed by atoms with Gasteiger partial charge in [-0.2, -0.15) is 0 Å². The van der Waals surface area contributed by atoms with Crippen LogP contribution in [0.3, 0.4) is 0 Å². The highest BCUT2D eigenvalue weighted by Gasteiger charge is 2.19. The van der Waals surface area contributed by atoms with E-state index in [1.165, 1.54) is 16.0 Å². The van der Waals surface area contributed by atoms with Crippen molar-refractivity contribution < 1.29 is 0 Å². The quantitative estimate of drug-likeness (QED) is 0.837. The van der Waals surface area contributed by atoms with Crippen LogP contribution in [0.5, 0.6) is 0 Å². The van der Waals surface area contributed by atoms with Crippen LogP contribution in [0.25, 0.3) is 0 Å². The standard InChI is InChI=1S/C16H20N2S/c1-3-15(17)16(13-6-4-12(2)5-7-13)19-14-8-10-18-11-9-14/h4-11,15-16H,3,17H2,1-2H3. The van der Waals surface area contributed by atoms with Crippen LogP contribution in [0.15, 0.2) is 53.7 Å². The van der Waals surface area contributed by atoms with Crippen molar-refractivity contribution in [1.29, 1.82) is 0 Å². The Kier molecular flexibility index (Phi) is 5.00. The lowest BCUT2D eigenvalue weighted by Crippen LogP contribution is -2.25. The summed E-state index contributed by atoms with van der Waals surface area (Å²) in [5.74, 6) is 0. The number of aryl methyl sites for hydroxylation is 1. The molecule has 1 heterocycles. The molecule has 19 heavy (non-hydrogen) atoms. The number of aromatic nitrogens is 1. The van der Waals surface area contributed by atoms with Gasteiger partial charge < -0.3 is 5.73 Å². The first-order valence-corrected chi connectivity index (χ1v) is 7.47. The van der Waals surface area contributed by atoms with E-state index < -0.39 is 0 Å². The minimum atomic E-state index is 0.154. The van der Waals surface area contributed by atoms with E-state index in [4.69, 9.17) is 5.73 Å². The fourth-order valence-corrected chi connectivity index (χ4v) is 3.17. The van der Waals surface area contributed by atoms with Gasteiger partial charge in [0.15, 0.2) is 0 Å². The molecule has 0 bridgehead atoms. The van der Waals surface area contributed by atoms with Crippen LogP contribution in [0.2, 0.25) is 0 Å². The highest BCUT2D eigenvalue weighted by Crippen LogP contribution is 2.37. The first kappa shape index (κ1) is 14.1. The van der Waals surface area contributed by atoms with Crippen molar-refractivity contribution in [3.63, 3.8) is 0 Å². The smallest absolute Gasteiger partial charge is 0.0495 e. The van der Waals surface area contributed by atoms with E-state index in [0.717, 1.165) is 6.42 Å². The number of nitrogens with zero attached hydrogens (tertiary/aromatic N) is 1. The van der Waals surface area contributed by atoms with Crippen LogP contribution in [-0.4, -0.2) is 11.0 Å². The van der Waals surface area contributed by atoms with Gasteiger partial charge in [0, 0.05) is 28.6 Å². The molecule has 0 aliphatic rings. The number of nitrogens with two attached hydrogens (primary N) is 1. The first-order chi connectivity index (χ1) is 9.20. The van der Waals surface area contributed by atoms with Gasteiger partial charge in [0.1, 0.15) is 0 Å². The zero-order valence-corrected chi connectivity index (χ0v) is 12.2. The largest absolute Gasteiger partial charge is 0.326 e. The van der Waals surface area contributed by atoms with Gasteiger partial charge in [0.25, 0.3) is 0 Å². The number of pyridine rings is 1. The molecular formula is C16H20N2S. The predicted octanol–water partition coefficient (Wildman–Crippen LogP) is 3.96. The van der Waals surface area contributed by atoms with Crippen molar-refractivity contribution in [1.82, 2.24) is 4.98 Å². The lowest BCUT2D eigenvalue weighted by Gasteiger charge is -2.23. The van der Waals surface area contributed by atoms with Gasteiger partial charge in [0.2, 0.25) is 0 Å². The molecule has 1 aromatic carbocycles. The van der Waals surface area contributed by atoms with E-state index in [2.05, 4.69) is 43.1 Å². The molecule has 2 nitrogen and oxygen atoms in total. The number of hydrogen-bond donors (Lipinski definition) is 1. The summed E-state index contributed by atoms with van der Waals surface area (Å²) >= 11 is 1.82. The molecule has 0 saturated heterocycles. The Labute approximate surface area is 119 Å². The van der Waals surface area contributed by atoms with Crippen molar-refractivity contribution in [2.45, 2.75) is 36.5 Å². The molecule has 3 heteroatoms. The van der Waals surface area contributed by atoms with Crippen molar-refractivity contribution in [3.05, 3.63) is 59.9 Å². The normalized spacial score (nSPS) is 14.1. The molecule has 0 radical (unpaired) electrons. The first-order valence-electron chi connectivity index (χ1n) is 6.59. The summed E-state index contributed by atoms with van der Waals surface area (Å²) in [4.78, 5) is 5.27. The van der Waals surface area contributed by atoms with Crippen LogP contribution in [0, 0.1) is 6.92 Å². The minimum Gasteiger partial charge on any atom is -0.326 e. The Balaban J connectivity index is 2.23. The Hall–Kier alpha value is -1.32. The lowest BCUT2D eigenvalue weighted by molar-refractivity contribution is 0.634. The third kappa shape index (κ3) is 3.82. The van der Waals surface area contributed by atoms with Gasteiger partial charge in [-0.05, 0) is 31.0 Å². The molecule has 2 unspecified atom stereocenters. The van der Waals surface area contributed by atoms with E-state index in [0.29, 0.717) is 0 Å². The second-order valence-corrected chi connectivity index (χ2v) is 5.92. The van der Waals surface area contributed by atoms with Gasteiger partial charge in [-0.1, -0.05) is 36.8 Å². The Morgan fingerprint density at radius 2 is 1.74 bits per heavy atom. The molecule has 2 rings (SSSR count). The van der Waals surface area contributed by atoms with E-state index in [-0.39, 0.29) is 11.3 Å². The summed E-state index contributed by atoms with van der Waals surface area (Å²) in [6.45, 7) is 4.24. The molecule has 2 atom stereocenters. The van der Waals surface area contributed by atoms with Crippen LogP contribution < -0.4 is 5.73 Å². The zero-order chi connectivity index (χ0) is 13.7. The van der Waals surface area contributed by atoms with Crippen LogP contribution >= 0.6 is 11.8 Å². The summed E-state index contributed by atoms with van der Waals surface area (Å²) in [6, 6.07) is 12.9. The number of benzene rings is 1. The van der Waals surface area contributed by atoms with Crippen molar-refractivity contribution >= 4 is 11.8 Å². The van der Waals surface area contributed by atoms with Gasteiger partial charge in [-0.25, -0.2) is 0 Å². The maximum Gasteiger partial charge on any atom is 0.0495 e. The van der Waals surface area contributed by atoms with Gasteiger partial charge >= 0.3 is 0 Å². The van der Waals surface area contributed by atoms with E-state index >= 15 is 0 Å². The Morgan fingerprint density at radius 1 is 1.11 bits per heavy atom. The predicted molar refractivity (Wildman–Crippen MR) is 82.3 cm³/mol. The second-order valence-electron chi connectivity index (χ2n) is 4.70. The molecule has 2 N–H and O–H groups in total.